The lowest BCUT2D eigenvalue weighted by Gasteiger charge is -2.10. The summed E-state index contributed by atoms with van der Waals surface area (Å²) < 4.78 is 1.96. The number of nitrogens with zero attached hydrogens (tertiary/aromatic N) is 4. The molecule has 162 valence electrons. The zero-order chi connectivity index (χ0) is 22.5. The van der Waals surface area contributed by atoms with Crippen LogP contribution in [0.2, 0.25) is 5.02 Å². The second-order valence-electron chi connectivity index (χ2n) is 6.61. The molecule has 0 spiro atoms. The molecule has 0 saturated carbocycles. The number of nitrogens with one attached hydrogen (secondary N) is 1. The summed E-state index contributed by atoms with van der Waals surface area (Å²) >= 11 is 8.60. The first-order valence-electron chi connectivity index (χ1n) is 9.39. The van der Waals surface area contributed by atoms with E-state index < -0.39 is 10.8 Å². The van der Waals surface area contributed by atoms with Gasteiger partial charge in [0.25, 0.3) is 5.69 Å². The van der Waals surface area contributed by atoms with E-state index in [0.717, 1.165) is 16.3 Å². The molecule has 32 heavy (non-hydrogen) atoms. The summed E-state index contributed by atoms with van der Waals surface area (Å²) in [5.74, 6) is 0.337. The molecule has 0 aliphatic carbocycles. The second kappa shape index (κ2) is 9.94. The smallest absolute Gasteiger partial charge is 0.294 e. The SMILES string of the molecule is O=C(CSc1nnc(-c2cccs2)n1Cc1ccccc1)Nc1ccc(Cl)cc1[N+](=O)[O-]. The van der Waals surface area contributed by atoms with Crippen molar-refractivity contribution >= 4 is 52.0 Å². The number of amides is 1. The van der Waals surface area contributed by atoms with E-state index in [4.69, 9.17) is 11.6 Å². The molecule has 1 amide bonds. The Kier molecular flexibility index (Phi) is 6.84. The molecule has 4 aromatic rings. The van der Waals surface area contributed by atoms with Gasteiger partial charge in [-0.2, -0.15) is 0 Å². The van der Waals surface area contributed by atoms with Gasteiger partial charge in [-0.1, -0.05) is 59.8 Å². The number of nitro benzene ring substituents is 1. The van der Waals surface area contributed by atoms with Crippen LogP contribution in [0, 0.1) is 10.1 Å². The fraction of sp³-hybridized carbons (Fsp3) is 0.0952. The normalized spacial score (nSPS) is 10.8. The van der Waals surface area contributed by atoms with E-state index in [-0.39, 0.29) is 22.2 Å². The number of carbonyl (C=O) groups excluding carboxylic acids is 1. The zero-order valence-electron chi connectivity index (χ0n) is 16.5. The maximum Gasteiger partial charge on any atom is 0.294 e. The number of benzene rings is 2. The third-order valence-electron chi connectivity index (χ3n) is 4.40. The molecule has 1 N–H and O–H groups in total. The third-order valence-corrected chi connectivity index (χ3v) is 6.47. The summed E-state index contributed by atoms with van der Waals surface area (Å²) in [5.41, 5.74) is 0.909. The first-order chi connectivity index (χ1) is 15.5. The van der Waals surface area contributed by atoms with E-state index in [0.29, 0.717) is 11.7 Å². The van der Waals surface area contributed by atoms with Gasteiger partial charge < -0.3 is 5.32 Å². The summed E-state index contributed by atoms with van der Waals surface area (Å²) in [7, 11) is 0. The monoisotopic (exact) mass is 485 g/mol. The largest absolute Gasteiger partial charge is 0.320 e. The Labute approximate surface area is 196 Å². The molecule has 2 heterocycles. The van der Waals surface area contributed by atoms with Crippen LogP contribution in [0.4, 0.5) is 11.4 Å². The zero-order valence-corrected chi connectivity index (χ0v) is 18.9. The van der Waals surface area contributed by atoms with Gasteiger partial charge in [0.2, 0.25) is 5.91 Å². The highest BCUT2D eigenvalue weighted by molar-refractivity contribution is 7.99. The number of hydrogen-bond donors (Lipinski definition) is 1. The van der Waals surface area contributed by atoms with Crippen molar-refractivity contribution < 1.29 is 9.72 Å². The Balaban J connectivity index is 1.52. The van der Waals surface area contributed by atoms with Crippen LogP contribution in [0.15, 0.2) is 71.2 Å². The molecule has 0 aliphatic rings. The molecule has 2 aromatic carbocycles. The van der Waals surface area contributed by atoms with Crippen LogP contribution in [-0.4, -0.2) is 31.3 Å². The Morgan fingerprint density at radius 2 is 1.97 bits per heavy atom. The highest BCUT2D eigenvalue weighted by Crippen LogP contribution is 2.30. The predicted octanol–water partition coefficient (Wildman–Crippen LogP) is 5.35. The van der Waals surface area contributed by atoms with Crippen LogP contribution >= 0.6 is 34.7 Å². The summed E-state index contributed by atoms with van der Waals surface area (Å²) in [5, 5.41) is 25.2. The maximum absolute atomic E-state index is 12.5. The van der Waals surface area contributed by atoms with Crippen LogP contribution in [0.3, 0.4) is 0 Å². The summed E-state index contributed by atoms with van der Waals surface area (Å²) in [6.45, 7) is 0.549. The molecule has 0 unspecified atom stereocenters. The minimum atomic E-state index is -0.585. The second-order valence-corrected chi connectivity index (χ2v) is 8.94. The van der Waals surface area contributed by atoms with Gasteiger partial charge >= 0.3 is 0 Å². The van der Waals surface area contributed by atoms with Gasteiger partial charge in [-0.15, -0.1) is 21.5 Å². The quantitative estimate of drug-likeness (QED) is 0.205. The fourth-order valence-electron chi connectivity index (χ4n) is 2.97. The fourth-order valence-corrected chi connectivity index (χ4v) is 4.59. The van der Waals surface area contributed by atoms with Crippen LogP contribution in [-0.2, 0) is 11.3 Å². The molecule has 0 bridgehead atoms. The van der Waals surface area contributed by atoms with Crippen molar-refractivity contribution in [1.29, 1.82) is 0 Å². The number of thioether (sulfide) groups is 1. The van der Waals surface area contributed by atoms with Gasteiger partial charge in [-0.25, -0.2) is 0 Å². The van der Waals surface area contributed by atoms with Crippen molar-refractivity contribution in [3.63, 3.8) is 0 Å². The van der Waals surface area contributed by atoms with Crippen LogP contribution in [0.25, 0.3) is 10.7 Å². The highest BCUT2D eigenvalue weighted by Gasteiger charge is 2.19. The number of thiophene rings is 1. The Morgan fingerprint density at radius 3 is 2.69 bits per heavy atom. The molecule has 0 fully saturated rings. The van der Waals surface area contributed by atoms with E-state index in [1.807, 2.05) is 52.4 Å². The number of halogens is 1. The lowest BCUT2D eigenvalue weighted by molar-refractivity contribution is -0.383. The lowest BCUT2D eigenvalue weighted by Crippen LogP contribution is -2.15. The average molecular weight is 486 g/mol. The number of hydrogen-bond acceptors (Lipinski definition) is 7. The van der Waals surface area contributed by atoms with Crippen molar-refractivity contribution in [1.82, 2.24) is 14.8 Å². The Bertz CT molecular complexity index is 1250. The summed E-state index contributed by atoms with van der Waals surface area (Å²) in [4.78, 5) is 24.1. The average Bonchev–Trinajstić information content (AvgIpc) is 3.44. The van der Waals surface area contributed by atoms with Gasteiger partial charge in [0.05, 0.1) is 22.1 Å². The van der Waals surface area contributed by atoms with Gasteiger partial charge in [-0.3, -0.25) is 19.5 Å². The standard InChI is InChI=1S/C21H16ClN5O3S2/c22-15-8-9-16(17(11-15)27(29)30)23-19(28)13-32-21-25-24-20(18-7-4-10-31-18)26(21)12-14-5-2-1-3-6-14/h1-11H,12-13H2,(H,23,28). The van der Waals surface area contributed by atoms with Crippen LogP contribution in [0.5, 0.6) is 0 Å². The molecule has 8 nitrogen and oxygen atoms in total. The molecule has 2 aromatic heterocycles. The minimum Gasteiger partial charge on any atom is -0.320 e. The van der Waals surface area contributed by atoms with Gasteiger partial charge in [0.1, 0.15) is 5.69 Å². The van der Waals surface area contributed by atoms with E-state index >= 15 is 0 Å². The molecule has 0 saturated heterocycles. The Hall–Kier alpha value is -3.21. The van der Waals surface area contributed by atoms with E-state index in [1.54, 1.807) is 11.3 Å². The number of nitro groups is 1. The first-order valence-corrected chi connectivity index (χ1v) is 11.6. The van der Waals surface area contributed by atoms with Crippen LogP contribution < -0.4 is 5.32 Å². The van der Waals surface area contributed by atoms with Crippen molar-refractivity contribution in [2.45, 2.75) is 11.7 Å². The first kappa shape index (κ1) is 22.0. The van der Waals surface area contributed by atoms with Crippen molar-refractivity contribution in [2.24, 2.45) is 0 Å². The maximum atomic E-state index is 12.5. The Morgan fingerprint density at radius 1 is 1.16 bits per heavy atom. The molecule has 11 heteroatoms. The van der Waals surface area contributed by atoms with Gasteiger partial charge in [0.15, 0.2) is 11.0 Å². The van der Waals surface area contributed by atoms with Gasteiger partial charge in [-0.05, 0) is 29.1 Å². The minimum absolute atomic E-state index is 0.0111. The molecule has 0 radical (unpaired) electrons. The third kappa shape index (κ3) is 5.16. The number of rotatable bonds is 8. The highest BCUT2D eigenvalue weighted by atomic mass is 35.5. The molecular formula is C21H16ClN5O3S2. The van der Waals surface area contributed by atoms with Crippen LogP contribution in [0.1, 0.15) is 5.56 Å². The lowest BCUT2D eigenvalue weighted by atomic mass is 10.2. The number of aromatic nitrogens is 3. The molecule has 4 rings (SSSR count). The summed E-state index contributed by atoms with van der Waals surface area (Å²) in [6.07, 6.45) is 0. The molecule has 0 aliphatic heterocycles. The number of carbonyl (C=O) groups is 1. The van der Waals surface area contributed by atoms with Crippen molar-refractivity contribution in [3.05, 3.63) is 86.7 Å². The molecular weight excluding hydrogens is 470 g/mol. The number of anilines is 1. The van der Waals surface area contributed by atoms with E-state index in [1.165, 1.54) is 30.0 Å². The topological polar surface area (TPSA) is 103 Å². The predicted molar refractivity (Wildman–Crippen MR) is 126 cm³/mol. The van der Waals surface area contributed by atoms with E-state index in [2.05, 4.69) is 15.5 Å². The summed E-state index contributed by atoms with van der Waals surface area (Å²) in [6, 6.07) is 17.9. The van der Waals surface area contributed by atoms with E-state index in [9.17, 15) is 14.9 Å². The van der Waals surface area contributed by atoms with Gasteiger partial charge in [0, 0.05) is 11.1 Å². The van der Waals surface area contributed by atoms with Crippen molar-refractivity contribution in [2.75, 3.05) is 11.1 Å². The molecule has 0 atom stereocenters. The van der Waals surface area contributed by atoms with Crippen molar-refractivity contribution in [3.8, 4) is 10.7 Å².